The summed E-state index contributed by atoms with van der Waals surface area (Å²) in [4.78, 5) is 4.66. The molecule has 0 saturated heterocycles. The Balaban J connectivity index is 2.12. The smallest absolute Gasteiger partial charge is 0.145 e. The van der Waals surface area contributed by atoms with Gasteiger partial charge in [0.15, 0.2) is 0 Å². The molecule has 114 valence electrons. The largest absolute Gasteiger partial charge is 0.494 e. The normalized spacial score (nSPS) is 12.8. The molecule has 1 atom stereocenters. The van der Waals surface area contributed by atoms with Crippen molar-refractivity contribution in [2.45, 2.75) is 32.9 Å². The maximum absolute atomic E-state index is 9.40. The number of para-hydroxylation sites is 1. The summed E-state index contributed by atoms with van der Waals surface area (Å²) in [6, 6.07) is 10.1. The number of pyridine rings is 1. The molecule has 2 aromatic rings. The summed E-state index contributed by atoms with van der Waals surface area (Å²) in [5.41, 5.74) is 1.83. The lowest BCUT2D eigenvalue weighted by Crippen LogP contribution is -2.33. The minimum absolute atomic E-state index is 0.111. The molecule has 0 saturated carbocycles. The van der Waals surface area contributed by atoms with Gasteiger partial charge in [-0.3, -0.25) is 0 Å². The fourth-order valence-corrected chi connectivity index (χ4v) is 2.46. The Morgan fingerprint density at radius 1 is 1.24 bits per heavy atom. The molecule has 21 heavy (non-hydrogen) atoms. The van der Waals surface area contributed by atoms with Crippen LogP contribution in [0, 0.1) is 5.92 Å². The summed E-state index contributed by atoms with van der Waals surface area (Å²) < 4.78 is 5.36. The summed E-state index contributed by atoms with van der Waals surface area (Å²) in [5.74, 6) is 1.34. The van der Waals surface area contributed by atoms with Gasteiger partial charge in [-0.25, -0.2) is 4.98 Å². The second-order valence-electron chi connectivity index (χ2n) is 5.72. The first-order valence-electron chi connectivity index (χ1n) is 7.41. The fraction of sp³-hybridized carbons (Fsp3) is 0.471. The SMILES string of the molecule is COc1cccc2ccc(CNC(CO)CC(C)C)nc12. The quantitative estimate of drug-likeness (QED) is 0.822. The number of benzene rings is 1. The van der Waals surface area contributed by atoms with Gasteiger partial charge in [-0.2, -0.15) is 0 Å². The number of methoxy groups -OCH3 is 1. The standard InChI is InChI=1S/C17H24N2O2/c1-12(2)9-15(11-20)18-10-14-8-7-13-5-4-6-16(21-3)17(13)19-14/h4-8,12,15,18,20H,9-11H2,1-3H3. The Hall–Kier alpha value is -1.65. The molecule has 1 aromatic heterocycles. The van der Waals surface area contributed by atoms with E-state index >= 15 is 0 Å². The number of hydrogen-bond acceptors (Lipinski definition) is 4. The summed E-state index contributed by atoms with van der Waals surface area (Å²) in [7, 11) is 1.66. The summed E-state index contributed by atoms with van der Waals surface area (Å²) in [5, 5.41) is 13.8. The fourth-order valence-electron chi connectivity index (χ4n) is 2.46. The van der Waals surface area contributed by atoms with Crippen LogP contribution in [0.5, 0.6) is 5.75 Å². The molecule has 4 nitrogen and oxygen atoms in total. The highest BCUT2D eigenvalue weighted by Gasteiger charge is 2.10. The number of nitrogens with zero attached hydrogens (tertiary/aromatic N) is 1. The van der Waals surface area contributed by atoms with E-state index < -0.39 is 0 Å². The lowest BCUT2D eigenvalue weighted by Gasteiger charge is -2.18. The second-order valence-corrected chi connectivity index (χ2v) is 5.72. The Morgan fingerprint density at radius 2 is 2.05 bits per heavy atom. The van der Waals surface area contributed by atoms with Gasteiger partial charge >= 0.3 is 0 Å². The van der Waals surface area contributed by atoms with Crippen LogP contribution in [0.25, 0.3) is 10.9 Å². The second kappa shape index (κ2) is 7.38. The zero-order valence-electron chi connectivity index (χ0n) is 13.0. The van der Waals surface area contributed by atoms with Gasteiger partial charge < -0.3 is 15.2 Å². The molecular weight excluding hydrogens is 264 g/mol. The number of rotatable bonds is 7. The average Bonchev–Trinajstić information content (AvgIpc) is 2.50. The first kappa shape index (κ1) is 15.7. The molecule has 0 aliphatic rings. The van der Waals surface area contributed by atoms with Gasteiger partial charge in [0.05, 0.1) is 19.4 Å². The molecule has 0 spiro atoms. The van der Waals surface area contributed by atoms with Crippen molar-refractivity contribution in [1.29, 1.82) is 0 Å². The van der Waals surface area contributed by atoms with Crippen LogP contribution in [0.2, 0.25) is 0 Å². The van der Waals surface area contributed by atoms with E-state index in [9.17, 15) is 5.11 Å². The Morgan fingerprint density at radius 3 is 2.71 bits per heavy atom. The van der Waals surface area contributed by atoms with Crippen molar-refractivity contribution in [1.82, 2.24) is 10.3 Å². The van der Waals surface area contributed by atoms with E-state index in [0.717, 1.165) is 28.8 Å². The van der Waals surface area contributed by atoms with Crippen LogP contribution in [0.4, 0.5) is 0 Å². The maximum atomic E-state index is 9.40. The number of aliphatic hydroxyl groups is 1. The third kappa shape index (κ3) is 4.16. The molecule has 4 heteroatoms. The third-order valence-corrected chi connectivity index (χ3v) is 3.51. The highest BCUT2D eigenvalue weighted by molar-refractivity contribution is 5.84. The van der Waals surface area contributed by atoms with Crippen molar-refractivity contribution >= 4 is 10.9 Å². The van der Waals surface area contributed by atoms with Crippen molar-refractivity contribution in [2.24, 2.45) is 5.92 Å². The first-order valence-corrected chi connectivity index (χ1v) is 7.41. The first-order chi connectivity index (χ1) is 10.1. The average molecular weight is 288 g/mol. The lowest BCUT2D eigenvalue weighted by atomic mass is 10.0. The van der Waals surface area contributed by atoms with Gasteiger partial charge in [0.2, 0.25) is 0 Å². The van der Waals surface area contributed by atoms with Gasteiger partial charge in [0.1, 0.15) is 11.3 Å². The number of hydrogen-bond donors (Lipinski definition) is 2. The van der Waals surface area contributed by atoms with Crippen LogP contribution in [0.1, 0.15) is 26.0 Å². The van der Waals surface area contributed by atoms with Crippen molar-refractivity contribution in [3.63, 3.8) is 0 Å². The van der Waals surface area contributed by atoms with Crippen LogP contribution in [0.3, 0.4) is 0 Å². The van der Waals surface area contributed by atoms with Gasteiger partial charge in [0.25, 0.3) is 0 Å². The minimum atomic E-state index is 0.111. The van der Waals surface area contributed by atoms with E-state index in [1.807, 2.05) is 24.3 Å². The van der Waals surface area contributed by atoms with Crippen LogP contribution >= 0.6 is 0 Å². The maximum Gasteiger partial charge on any atom is 0.145 e. The van der Waals surface area contributed by atoms with Crippen molar-refractivity contribution < 1.29 is 9.84 Å². The highest BCUT2D eigenvalue weighted by atomic mass is 16.5. The molecular formula is C17H24N2O2. The zero-order valence-corrected chi connectivity index (χ0v) is 13.0. The molecule has 1 heterocycles. The number of aromatic nitrogens is 1. The molecule has 0 aliphatic heterocycles. The number of ether oxygens (including phenoxy) is 1. The van der Waals surface area contributed by atoms with E-state index in [1.54, 1.807) is 7.11 Å². The Labute approximate surface area is 126 Å². The van der Waals surface area contributed by atoms with Gasteiger partial charge in [-0.15, -0.1) is 0 Å². The van der Waals surface area contributed by atoms with Crippen LogP contribution in [-0.2, 0) is 6.54 Å². The van der Waals surface area contributed by atoms with Gasteiger partial charge in [0, 0.05) is 18.0 Å². The highest BCUT2D eigenvalue weighted by Crippen LogP contribution is 2.23. The van der Waals surface area contributed by atoms with Crippen molar-refractivity contribution in [3.05, 3.63) is 36.0 Å². The molecule has 0 radical (unpaired) electrons. The molecule has 0 amide bonds. The van der Waals surface area contributed by atoms with Crippen LogP contribution in [-0.4, -0.2) is 29.8 Å². The zero-order chi connectivity index (χ0) is 15.2. The van der Waals surface area contributed by atoms with E-state index in [2.05, 4.69) is 30.2 Å². The lowest BCUT2D eigenvalue weighted by molar-refractivity contribution is 0.223. The number of aliphatic hydroxyl groups excluding tert-OH is 1. The number of fused-ring (bicyclic) bond motifs is 1. The van der Waals surface area contributed by atoms with E-state index in [4.69, 9.17) is 4.74 Å². The van der Waals surface area contributed by atoms with Crippen LogP contribution < -0.4 is 10.1 Å². The monoisotopic (exact) mass is 288 g/mol. The Kier molecular flexibility index (Phi) is 5.53. The molecule has 2 N–H and O–H groups in total. The number of nitrogens with one attached hydrogen (secondary N) is 1. The predicted octanol–water partition coefficient (Wildman–Crippen LogP) is 2.74. The van der Waals surface area contributed by atoms with Gasteiger partial charge in [-0.1, -0.05) is 32.0 Å². The summed E-state index contributed by atoms with van der Waals surface area (Å²) in [6.07, 6.45) is 0.952. The molecule has 0 bridgehead atoms. The molecule has 1 aromatic carbocycles. The van der Waals surface area contributed by atoms with Crippen molar-refractivity contribution in [3.8, 4) is 5.75 Å². The minimum Gasteiger partial charge on any atom is -0.494 e. The topological polar surface area (TPSA) is 54.4 Å². The van der Waals surface area contributed by atoms with E-state index in [0.29, 0.717) is 12.5 Å². The summed E-state index contributed by atoms with van der Waals surface area (Å²) in [6.45, 7) is 5.11. The molecule has 0 fully saturated rings. The third-order valence-electron chi connectivity index (χ3n) is 3.51. The van der Waals surface area contributed by atoms with E-state index in [-0.39, 0.29) is 12.6 Å². The molecule has 1 unspecified atom stereocenters. The molecule has 2 rings (SSSR count). The molecule has 0 aliphatic carbocycles. The summed E-state index contributed by atoms with van der Waals surface area (Å²) >= 11 is 0. The van der Waals surface area contributed by atoms with Crippen molar-refractivity contribution in [2.75, 3.05) is 13.7 Å². The predicted molar refractivity (Wildman–Crippen MR) is 85.5 cm³/mol. The van der Waals surface area contributed by atoms with Gasteiger partial charge in [-0.05, 0) is 24.5 Å². The van der Waals surface area contributed by atoms with E-state index in [1.165, 1.54) is 0 Å². The Bertz CT molecular complexity index is 584. The van der Waals surface area contributed by atoms with Crippen LogP contribution in [0.15, 0.2) is 30.3 Å².